The number of amides is 1. The smallest absolute Gasteiger partial charge is 0.236 e. The third-order valence-corrected chi connectivity index (χ3v) is 4.55. The Labute approximate surface area is 166 Å². The highest BCUT2D eigenvalue weighted by Crippen LogP contribution is 2.20. The molecule has 0 bridgehead atoms. The monoisotopic (exact) mass is 375 g/mol. The van der Waals surface area contributed by atoms with E-state index in [1.165, 1.54) is 0 Å². The lowest BCUT2D eigenvalue weighted by Gasteiger charge is -2.22. The molecule has 0 spiro atoms. The van der Waals surface area contributed by atoms with Crippen LogP contribution in [0.1, 0.15) is 22.9 Å². The Morgan fingerprint density at radius 3 is 2.57 bits per heavy atom. The van der Waals surface area contributed by atoms with Gasteiger partial charge in [-0.2, -0.15) is 0 Å². The zero-order valence-electron chi connectivity index (χ0n) is 16.2. The molecule has 0 fully saturated rings. The summed E-state index contributed by atoms with van der Waals surface area (Å²) < 4.78 is 5.25. The Hall–Kier alpha value is -3.18. The molecule has 1 amide bonds. The standard InChI is InChI=1S/C23H25N3O2/c1-26(17-18-9-8-12-20(15-18)28-2)22(27)16-25-23(19-10-4-3-5-11-19)21-13-6-7-14-24-21/h3-15,23,25H,16-17H2,1-2H3. The van der Waals surface area contributed by atoms with Crippen LogP contribution >= 0.6 is 0 Å². The molecule has 0 aliphatic carbocycles. The molecule has 1 N–H and O–H groups in total. The molecule has 0 saturated heterocycles. The minimum atomic E-state index is -0.142. The number of ether oxygens (including phenoxy) is 1. The summed E-state index contributed by atoms with van der Waals surface area (Å²) in [6, 6.07) is 23.5. The van der Waals surface area contributed by atoms with Crippen molar-refractivity contribution in [3.05, 3.63) is 95.8 Å². The van der Waals surface area contributed by atoms with Crippen molar-refractivity contribution in [2.75, 3.05) is 20.7 Å². The van der Waals surface area contributed by atoms with Gasteiger partial charge in [0.15, 0.2) is 0 Å². The maximum absolute atomic E-state index is 12.7. The summed E-state index contributed by atoms with van der Waals surface area (Å²) in [5.41, 5.74) is 2.99. The average Bonchev–Trinajstić information content (AvgIpc) is 2.75. The number of carbonyl (C=O) groups excluding carboxylic acids is 1. The molecule has 2 aromatic carbocycles. The number of rotatable bonds is 8. The second-order valence-corrected chi connectivity index (χ2v) is 6.58. The van der Waals surface area contributed by atoms with Crippen LogP contribution in [0.4, 0.5) is 0 Å². The summed E-state index contributed by atoms with van der Waals surface area (Å²) in [6.45, 7) is 0.744. The molecule has 5 heteroatoms. The third-order valence-electron chi connectivity index (χ3n) is 4.55. The van der Waals surface area contributed by atoms with Gasteiger partial charge in [-0.1, -0.05) is 48.5 Å². The first kappa shape index (κ1) is 19.6. The lowest BCUT2D eigenvalue weighted by atomic mass is 10.0. The highest BCUT2D eigenvalue weighted by Gasteiger charge is 2.17. The number of likely N-dealkylation sites (N-methyl/N-ethyl adjacent to an activating group) is 1. The van der Waals surface area contributed by atoms with Gasteiger partial charge in [-0.3, -0.25) is 15.1 Å². The van der Waals surface area contributed by atoms with E-state index < -0.39 is 0 Å². The first-order valence-electron chi connectivity index (χ1n) is 9.23. The second-order valence-electron chi connectivity index (χ2n) is 6.58. The van der Waals surface area contributed by atoms with E-state index in [0.717, 1.165) is 22.6 Å². The highest BCUT2D eigenvalue weighted by atomic mass is 16.5. The quantitative estimate of drug-likeness (QED) is 0.655. The van der Waals surface area contributed by atoms with Crippen LogP contribution in [0.2, 0.25) is 0 Å². The number of aromatic nitrogens is 1. The van der Waals surface area contributed by atoms with Gasteiger partial charge in [0.05, 0.1) is 25.4 Å². The van der Waals surface area contributed by atoms with Crippen molar-refractivity contribution in [3.63, 3.8) is 0 Å². The number of nitrogens with one attached hydrogen (secondary N) is 1. The summed E-state index contributed by atoms with van der Waals surface area (Å²) in [7, 11) is 3.45. The molecular weight excluding hydrogens is 350 g/mol. The van der Waals surface area contributed by atoms with E-state index in [1.54, 1.807) is 18.2 Å². The van der Waals surface area contributed by atoms with Crippen LogP contribution in [0.3, 0.4) is 0 Å². The molecule has 0 saturated carbocycles. The van der Waals surface area contributed by atoms with Crippen LogP contribution in [0.15, 0.2) is 79.0 Å². The summed E-state index contributed by atoms with van der Waals surface area (Å²) in [4.78, 5) is 18.9. The van der Waals surface area contributed by atoms with Crippen LogP contribution in [0, 0.1) is 0 Å². The Kier molecular flexibility index (Phi) is 6.76. The Bertz CT molecular complexity index is 845. The van der Waals surface area contributed by atoms with Gasteiger partial charge >= 0.3 is 0 Å². The van der Waals surface area contributed by atoms with E-state index in [4.69, 9.17) is 4.74 Å². The number of pyridine rings is 1. The van der Waals surface area contributed by atoms with E-state index in [2.05, 4.69) is 10.3 Å². The SMILES string of the molecule is COc1cccc(CN(C)C(=O)CNC(c2ccccc2)c2ccccn2)c1. The average molecular weight is 375 g/mol. The van der Waals surface area contributed by atoms with Crippen molar-refractivity contribution >= 4 is 5.91 Å². The molecule has 3 aromatic rings. The van der Waals surface area contributed by atoms with Gasteiger partial charge in [0, 0.05) is 19.8 Å². The molecule has 1 aromatic heterocycles. The predicted octanol–water partition coefficient (Wildman–Crippen LogP) is 3.43. The lowest BCUT2D eigenvalue weighted by molar-refractivity contribution is -0.129. The van der Waals surface area contributed by atoms with Crippen molar-refractivity contribution in [1.29, 1.82) is 0 Å². The van der Waals surface area contributed by atoms with Crippen molar-refractivity contribution in [1.82, 2.24) is 15.2 Å². The number of nitrogens with zero attached hydrogens (tertiary/aromatic N) is 2. The van der Waals surface area contributed by atoms with Gasteiger partial charge in [-0.05, 0) is 35.4 Å². The fraction of sp³-hybridized carbons (Fsp3) is 0.217. The maximum Gasteiger partial charge on any atom is 0.236 e. The minimum absolute atomic E-state index is 0.0136. The van der Waals surface area contributed by atoms with Crippen molar-refractivity contribution in [2.45, 2.75) is 12.6 Å². The van der Waals surface area contributed by atoms with Crippen LogP contribution in [-0.2, 0) is 11.3 Å². The van der Waals surface area contributed by atoms with E-state index in [-0.39, 0.29) is 18.5 Å². The van der Waals surface area contributed by atoms with Crippen LogP contribution in [-0.4, -0.2) is 36.5 Å². The third kappa shape index (κ3) is 5.18. The first-order valence-corrected chi connectivity index (χ1v) is 9.23. The number of hydrogen-bond donors (Lipinski definition) is 1. The molecule has 5 nitrogen and oxygen atoms in total. The molecular formula is C23H25N3O2. The second kappa shape index (κ2) is 9.67. The predicted molar refractivity (Wildman–Crippen MR) is 110 cm³/mol. The zero-order chi connectivity index (χ0) is 19.8. The van der Waals surface area contributed by atoms with E-state index in [1.807, 2.05) is 79.8 Å². The number of methoxy groups -OCH3 is 1. The molecule has 3 rings (SSSR count). The maximum atomic E-state index is 12.7. The summed E-state index contributed by atoms with van der Waals surface area (Å²) in [5, 5.41) is 3.36. The van der Waals surface area contributed by atoms with E-state index in [9.17, 15) is 4.79 Å². The summed E-state index contributed by atoms with van der Waals surface area (Å²) in [5.74, 6) is 0.801. The molecule has 144 valence electrons. The van der Waals surface area contributed by atoms with Gasteiger partial charge in [0.1, 0.15) is 5.75 Å². The Morgan fingerprint density at radius 1 is 1.07 bits per heavy atom. The summed E-state index contributed by atoms with van der Waals surface area (Å²) >= 11 is 0. The van der Waals surface area contributed by atoms with Gasteiger partial charge in [-0.15, -0.1) is 0 Å². The van der Waals surface area contributed by atoms with Crippen LogP contribution in [0.5, 0.6) is 5.75 Å². The van der Waals surface area contributed by atoms with Crippen LogP contribution in [0.25, 0.3) is 0 Å². The summed E-state index contributed by atoms with van der Waals surface area (Å²) in [6.07, 6.45) is 1.77. The first-order chi connectivity index (χ1) is 13.7. The molecule has 0 aliphatic rings. The van der Waals surface area contributed by atoms with E-state index in [0.29, 0.717) is 6.54 Å². The Morgan fingerprint density at radius 2 is 1.86 bits per heavy atom. The molecule has 0 radical (unpaired) electrons. The molecule has 1 unspecified atom stereocenters. The topological polar surface area (TPSA) is 54.5 Å². The zero-order valence-corrected chi connectivity index (χ0v) is 16.2. The Balaban J connectivity index is 1.66. The molecule has 1 heterocycles. The largest absolute Gasteiger partial charge is 0.497 e. The van der Waals surface area contributed by atoms with Crippen molar-refractivity contribution in [2.24, 2.45) is 0 Å². The van der Waals surface area contributed by atoms with E-state index >= 15 is 0 Å². The molecule has 0 aliphatic heterocycles. The van der Waals surface area contributed by atoms with Crippen molar-refractivity contribution in [3.8, 4) is 5.75 Å². The van der Waals surface area contributed by atoms with Gasteiger partial charge in [0.2, 0.25) is 5.91 Å². The van der Waals surface area contributed by atoms with Gasteiger partial charge < -0.3 is 9.64 Å². The lowest BCUT2D eigenvalue weighted by Crippen LogP contribution is -2.37. The fourth-order valence-corrected chi connectivity index (χ4v) is 3.04. The van der Waals surface area contributed by atoms with Gasteiger partial charge in [0.25, 0.3) is 0 Å². The van der Waals surface area contributed by atoms with Gasteiger partial charge in [-0.25, -0.2) is 0 Å². The molecule has 28 heavy (non-hydrogen) atoms. The fourth-order valence-electron chi connectivity index (χ4n) is 3.04. The number of hydrogen-bond acceptors (Lipinski definition) is 4. The number of benzene rings is 2. The normalized spacial score (nSPS) is 11.6. The van der Waals surface area contributed by atoms with Crippen LogP contribution < -0.4 is 10.1 Å². The molecule has 1 atom stereocenters. The van der Waals surface area contributed by atoms with Crippen molar-refractivity contribution < 1.29 is 9.53 Å². The minimum Gasteiger partial charge on any atom is -0.497 e. The number of carbonyl (C=O) groups is 1. The highest BCUT2D eigenvalue weighted by molar-refractivity contribution is 5.78.